The number of carbonyl (C=O) groups excluding carboxylic acids is 2. The molecular formula is C21H24O4. The van der Waals surface area contributed by atoms with E-state index in [1.54, 1.807) is 24.3 Å². The highest BCUT2D eigenvalue weighted by atomic mass is 16.6. The SMILES string of the molecule is COc1ccccc1OC(=O)CCC(=O)c1ccc(CC(C)C)cc1. The van der Waals surface area contributed by atoms with Crippen LogP contribution in [0.2, 0.25) is 0 Å². The summed E-state index contributed by atoms with van der Waals surface area (Å²) in [4.78, 5) is 24.2. The van der Waals surface area contributed by atoms with Crippen molar-refractivity contribution in [2.75, 3.05) is 7.11 Å². The van der Waals surface area contributed by atoms with Crippen molar-refractivity contribution < 1.29 is 19.1 Å². The van der Waals surface area contributed by atoms with Gasteiger partial charge in [-0.25, -0.2) is 0 Å². The Kier molecular flexibility index (Phi) is 6.75. The average molecular weight is 340 g/mol. The number of carbonyl (C=O) groups is 2. The van der Waals surface area contributed by atoms with Crippen LogP contribution >= 0.6 is 0 Å². The van der Waals surface area contributed by atoms with E-state index in [1.807, 2.05) is 24.3 Å². The Morgan fingerprint density at radius 2 is 1.56 bits per heavy atom. The van der Waals surface area contributed by atoms with Crippen LogP contribution in [0.15, 0.2) is 48.5 Å². The number of hydrogen-bond acceptors (Lipinski definition) is 4. The zero-order chi connectivity index (χ0) is 18.2. The highest BCUT2D eigenvalue weighted by Gasteiger charge is 2.13. The van der Waals surface area contributed by atoms with E-state index in [0.717, 1.165) is 6.42 Å². The van der Waals surface area contributed by atoms with E-state index in [0.29, 0.717) is 23.0 Å². The van der Waals surface area contributed by atoms with Crippen molar-refractivity contribution >= 4 is 11.8 Å². The number of Topliss-reactive ketones (excluding diaryl/α,β-unsaturated/α-hetero) is 1. The number of methoxy groups -OCH3 is 1. The molecule has 25 heavy (non-hydrogen) atoms. The maximum atomic E-state index is 12.2. The molecule has 0 saturated heterocycles. The van der Waals surface area contributed by atoms with Crippen LogP contribution in [0.25, 0.3) is 0 Å². The van der Waals surface area contributed by atoms with Gasteiger partial charge < -0.3 is 9.47 Å². The lowest BCUT2D eigenvalue weighted by Gasteiger charge is -2.09. The van der Waals surface area contributed by atoms with Crippen molar-refractivity contribution in [2.45, 2.75) is 33.1 Å². The van der Waals surface area contributed by atoms with Crippen LogP contribution < -0.4 is 9.47 Å². The van der Waals surface area contributed by atoms with Crippen molar-refractivity contribution in [3.8, 4) is 11.5 Å². The summed E-state index contributed by atoms with van der Waals surface area (Å²) in [5.41, 5.74) is 1.83. The van der Waals surface area contributed by atoms with Gasteiger partial charge in [-0.2, -0.15) is 0 Å². The molecule has 2 rings (SSSR count). The number of hydrogen-bond donors (Lipinski definition) is 0. The monoisotopic (exact) mass is 340 g/mol. The first-order chi connectivity index (χ1) is 12.0. The van der Waals surface area contributed by atoms with Crippen molar-refractivity contribution in [3.05, 3.63) is 59.7 Å². The minimum absolute atomic E-state index is 0.0324. The van der Waals surface area contributed by atoms with Gasteiger partial charge in [-0.05, 0) is 30.0 Å². The molecule has 0 bridgehead atoms. The molecule has 4 nitrogen and oxygen atoms in total. The third kappa shape index (κ3) is 5.75. The summed E-state index contributed by atoms with van der Waals surface area (Å²) in [6.07, 6.45) is 1.14. The molecule has 0 fully saturated rings. The summed E-state index contributed by atoms with van der Waals surface area (Å²) >= 11 is 0. The van der Waals surface area contributed by atoms with Crippen molar-refractivity contribution in [1.82, 2.24) is 0 Å². The Hall–Kier alpha value is -2.62. The fourth-order valence-electron chi connectivity index (χ4n) is 2.53. The van der Waals surface area contributed by atoms with Gasteiger partial charge in [0.05, 0.1) is 13.5 Å². The second-order valence-electron chi connectivity index (χ2n) is 6.34. The Morgan fingerprint density at radius 1 is 0.920 bits per heavy atom. The van der Waals surface area contributed by atoms with Crippen molar-refractivity contribution in [1.29, 1.82) is 0 Å². The Morgan fingerprint density at radius 3 is 2.16 bits per heavy atom. The highest BCUT2D eigenvalue weighted by molar-refractivity contribution is 5.97. The fraction of sp³-hybridized carbons (Fsp3) is 0.333. The number of ether oxygens (including phenoxy) is 2. The van der Waals surface area contributed by atoms with E-state index in [4.69, 9.17) is 9.47 Å². The summed E-state index contributed by atoms with van der Waals surface area (Å²) in [5.74, 6) is 0.914. The lowest BCUT2D eigenvalue weighted by molar-refractivity contribution is -0.134. The molecule has 0 atom stereocenters. The molecule has 0 radical (unpaired) electrons. The molecule has 0 saturated carbocycles. The van der Waals surface area contributed by atoms with Crippen LogP contribution in [0.5, 0.6) is 11.5 Å². The quantitative estimate of drug-likeness (QED) is 0.404. The minimum Gasteiger partial charge on any atom is -0.493 e. The number of esters is 1. The van der Waals surface area contributed by atoms with Gasteiger partial charge in [0.15, 0.2) is 17.3 Å². The molecule has 0 unspecified atom stereocenters. The number of benzene rings is 2. The lowest BCUT2D eigenvalue weighted by atomic mass is 9.99. The Bertz CT molecular complexity index is 717. The summed E-state index contributed by atoms with van der Waals surface area (Å²) in [7, 11) is 1.51. The third-order valence-corrected chi connectivity index (χ3v) is 3.77. The first-order valence-corrected chi connectivity index (χ1v) is 8.45. The fourth-order valence-corrected chi connectivity index (χ4v) is 2.53. The topological polar surface area (TPSA) is 52.6 Å². The molecule has 4 heteroatoms. The van der Waals surface area contributed by atoms with Crippen LogP contribution in [0.4, 0.5) is 0 Å². The largest absolute Gasteiger partial charge is 0.493 e. The maximum absolute atomic E-state index is 12.2. The smallest absolute Gasteiger partial charge is 0.311 e. The number of ketones is 1. The average Bonchev–Trinajstić information content (AvgIpc) is 2.60. The highest BCUT2D eigenvalue weighted by Crippen LogP contribution is 2.26. The zero-order valence-electron chi connectivity index (χ0n) is 15.0. The maximum Gasteiger partial charge on any atom is 0.311 e. The molecule has 2 aromatic rings. The Balaban J connectivity index is 1.87. The molecule has 0 aliphatic rings. The van der Waals surface area contributed by atoms with E-state index >= 15 is 0 Å². The van der Waals surface area contributed by atoms with Gasteiger partial charge in [-0.1, -0.05) is 50.2 Å². The summed E-state index contributed by atoms with van der Waals surface area (Å²) in [6, 6.07) is 14.5. The normalized spacial score (nSPS) is 10.6. The van der Waals surface area contributed by atoms with Crippen molar-refractivity contribution in [2.24, 2.45) is 5.92 Å². The van der Waals surface area contributed by atoms with E-state index in [-0.39, 0.29) is 18.6 Å². The molecular weight excluding hydrogens is 316 g/mol. The molecule has 2 aromatic carbocycles. The predicted octanol–water partition coefficient (Wildman–Crippen LogP) is 4.46. The standard InChI is InChI=1S/C21H24O4/c1-15(2)14-16-8-10-17(11-9-16)18(22)12-13-21(23)25-20-7-5-4-6-19(20)24-3/h4-11,15H,12-14H2,1-3H3. The van der Waals surface area contributed by atoms with Gasteiger partial charge in [0.1, 0.15) is 0 Å². The van der Waals surface area contributed by atoms with Gasteiger partial charge in [-0.3, -0.25) is 9.59 Å². The van der Waals surface area contributed by atoms with E-state index < -0.39 is 5.97 Å². The van der Waals surface area contributed by atoms with Crippen molar-refractivity contribution in [3.63, 3.8) is 0 Å². The van der Waals surface area contributed by atoms with Crippen LogP contribution in [0.3, 0.4) is 0 Å². The zero-order valence-corrected chi connectivity index (χ0v) is 15.0. The minimum atomic E-state index is -0.450. The Labute approximate surface area is 148 Å². The number of para-hydroxylation sites is 2. The molecule has 0 aliphatic heterocycles. The van der Waals surface area contributed by atoms with Gasteiger partial charge in [-0.15, -0.1) is 0 Å². The third-order valence-electron chi connectivity index (χ3n) is 3.77. The molecule has 0 spiro atoms. The van der Waals surface area contributed by atoms with E-state index in [1.165, 1.54) is 12.7 Å². The van der Waals surface area contributed by atoms with E-state index in [2.05, 4.69) is 13.8 Å². The summed E-state index contributed by atoms with van der Waals surface area (Å²) in [6.45, 7) is 4.32. The molecule has 0 amide bonds. The molecule has 0 heterocycles. The molecule has 0 N–H and O–H groups in total. The summed E-state index contributed by atoms with van der Waals surface area (Å²) < 4.78 is 10.4. The lowest BCUT2D eigenvalue weighted by Crippen LogP contribution is -2.11. The second kappa shape index (κ2) is 9.02. The molecule has 132 valence electrons. The van der Waals surface area contributed by atoms with Gasteiger partial charge >= 0.3 is 5.97 Å². The van der Waals surface area contributed by atoms with Crippen LogP contribution in [-0.4, -0.2) is 18.9 Å². The van der Waals surface area contributed by atoms with E-state index in [9.17, 15) is 9.59 Å². The summed E-state index contributed by atoms with van der Waals surface area (Å²) in [5, 5.41) is 0. The second-order valence-corrected chi connectivity index (χ2v) is 6.34. The predicted molar refractivity (Wildman–Crippen MR) is 97.2 cm³/mol. The molecule has 0 aliphatic carbocycles. The van der Waals surface area contributed by atoms with Gasteiger partial charge in [0.2, 0.25) is 0 Å². The van der Waals surface area contributed by atoms with Crippen LogP contribution in [0.1, 0.15) is 42.6 Å². The first kappa shape index (κ1) is 18.7. The van der Waals surface area contributed by atoms with Crippen LogP contribution in [-0.2, 0) is 11.2 Å². The van der Waals surface area contributed by atoms with Crippen LogP contribution in [0, 0.1) is 5.92 Å². The van der Waals surface area contributed by atoms with Gasteiger partial charge in [0, 0.05) is 12.0 Å². The first-order valence-electron chi connectivity index (χ1n) is 8.45. The van der Waals surface area contributed by atoms with Gasteiger partial charge in [0.25, 0.3) is 0 Å². The number of rotatable bonds is 8. The molecule has 0 aromatic heterocycles.